The van der Waals surface area contributed by atoms with Crippen LogP contribution in [0.25, 0.3) is 0 Å². The molecule has 0 radical (unpaired) electrons. The average Bonchev–Trinajstić information content (AvgIpc) is 3.31. The van der Waals surface area contributed by atoms with E-state index in [4.69, 9.17) is 9.47 Å². The highest BCUT2D eigenvalue weighted by atomic mass is 16.6. The number of aromatic nitrogens is 2. The maximum Gasteiger partial charge on any atom is 0.407 e. The van der Waals surface area contributed by atoms with E-state index in [0.717, 1.165) is 5.56 Å². The van der Waals surface area contributed by atoms with Gasteiger partial charge in [-0.2, -0.15) is 0 Å². The lowest BCUT2D eigenvalue weighted by Gasteiger charge is -2.24. The minimum Gasteiger partial charge on any atom is -0.458 e. The molecule has 0 saturated carbocycles. The van der Waals surface area contributed by atoms with Gasteiger partial charge in [-0.25, -0.2) is 14.6 Å². The van der Waals surface area contributed by atoms with Crippen LogP contribution in [0.3, 0.4) is 0 Å². The van der Waals surface area contributed by atoms with Crippen LogP contribution in [0.1, 0.15) is 100 Å². The van der Waals surface area contributed by atoms with Crippen molar-refractivity contribution in [1.29, 1.82) is 0 Å². The predicted molar refractivity (Wildman–Crippen MR) is 146 cm³/mol. The summed E-state index contributed by atoms with van der Waals surface area (Å²) in [4.78, 5) is 57.5. The van der Waals surface area contributed by atoms with Crippen LogP contribution in [0.5, 0.6) is 0 Å². The number of H-pyrrole nitrogens is 1. The standard InChI is InChI=1S/C28H41N5O6/c1-18(19-13-9-8-10-14-19)32-23(34)21-22(31-17-30-21)24(35)33-20(25(36)38-27(2,3)4)15-11-12-16-29-26(37)39-28(5,6)7/h8-10,13-14,17-18,20H,11-12,15-16H2,1-7H3,(H,29,37)(H,30,31)(H,32,34)(H,33,35)/t18-,20+/m1/s1. The zero-order valence-electron chi connectivity index (χ0n) is 23.8. The van der Waals surface area contributed by atoms with Gasteiger partial charge in [0.2, 0.25) is 0 Å². The predicted octanol–water partition coefficient (Wildman–Crippen LogP) is 4.04. The Morgan fingerprint density at radius 1 is 0.897 bits per heavy atom. The summed E-state index contributed by atoms with van der Waals surface area (Å²) in [5.41, 5.74) is -0.602. The summed E-state index contributed by atoms with van der Waals surface area (Å²) in [6.07, 6.45) is 2.04. The highest BCUT2D eigenvalue weighted by Gasteiger charge is 2.29. The zero-order valence-corrected chi connectivity index (χ0v) is 23.8. The van der Waals surface area contributed by atoms with E-state index in [1.165, 1.54) is 6.33 Å². The summed E-state index contributed by atoms with van der Waals surface area (Å²) in [5.74, 6) is -1.79. The zero-order chi connectivity index (χ0) is 29.2. The van der Waals surface area contributed by atoms with E-state index in [1.807, 2.05) is 37.3 Å². The third-order valence-electron chi connectivity index (χ3n) is 5.31. The van der Waals surface area contributed by atoms with Gasteiger partial charge in [-0.3, -0.25) is 9.59 Å². The second kappa shape index (κ2) is 13.8. The van der Waals surface area contributed by atoms with Gasteiger partial charge in [-0.15, -0.1) is 0 Å². The van der Waals surface area contributed by atoms with Crippen molar-refractivity contribution in [2.45, 2.75) is 91.0 Å². The second-order valence-corrected chi connectivity index (χ2v) is 11.2. The van der Waals surface area contributed by atoms with Crippen molar-refractivity contribution in [1.82, 2.24) is 25.9 Å². The summed E-state index contributed by atoms with van der Waals surface area (Å²) in [5, 5.41) is 8.18. The van der Waals surface area contributed by atoms with E-state index < -0.39 is 41.1 Å². The first-order valence-corrected chi connectivity index (χ1v) is 13.1. The van der Waals surface area contributed by atoms with Crippen molar-refractivity contribution in [2.75, 3.05) is 6.54 Å². The molecule has 11 nitrogen and oxygen atoms in total. The second-order valence-electron chi connectivity index (χ2n) is 11.2. The first kappa shape index (κ1) is 31.3. The van der Waals surface area contributed by atoms with Crippen molar-refractivity contribution in [3.05, 3.63) is 53.6 Å². The number of aromatic amines is 1. The molecule has 0 aliphatic heterocycles. The first-order valence-electron chi connectivity index (χ1n) is 13.1. The normalized spacial score (nSPS) is 13.1. The van der Waals surface area contributed by atoms with E-state index in [-0.39, 0.29) is 23.9 Å². The quantitative estimate of drug-likeness (QED) is 0.247. The minimum atomic E-state index is -0.972. The fourth-order valence-corrected chi connectivity index (χ4v) is 3.56. The molecule has 214 valence electrons. The Hall–Kier alpha value is -3.89. The molecule has 0 unspecified atom stereocenters. The summed E-state index contributed by atoms with van der Waals surface area (Å²) in [7, 11) is 0. The Bertz CT molecular complexity index is 1120. The Morgan fingerprint density at radius 3 is 2.15 bits per heavy atom. The summed E-state index contributed by atoms with van der Waals surface area (Å²) >= 11 is 0. The monoisotopic (exact) mass is 543 g/mol. The number of nitrogens with one attached hydrogen (secondary N) is 4. The molecule has 1 aromatic heterocycles. The van der Waals surface area contributed by atoms with Crippen molar-refractivity contribution in [3.8, 4) is 0 Å². The number of hydrogen-bond donors (Lipinski definition) is 4. The van der Waals surface area contributed by atoms with E-state index in [2.05, 4.69) is 25.9 Å². The number of alkyl carbamates (subject to hydrolysis) is 1. The Balaban J connectivity index is 2.02. The molecule has 1 heterocycles. The Morgan fingerprint density at radius 2 is 1.54 bits per heavy atom. The number of benzene rings is 1. The molecular formula is C28H41N5O6. The number of unbranched alkanes of at least 4 members (excludes halogenated alkanes) is 1. The van der Waals surface area contributed by atoms with Gasteiger partial charge in [-0.1, -0.05) is 30.3 Å². The lowest BCUT2D eigenvalue weighted by molar-refractivity contribution is -0.157. The van der Waals surface area contributed by atoms with Gasteiger partial charge >= 0.3 is 12.1 Å². The maximum absolute atomic E-state index is 13.1. The van der Waals surface area contributed by atoms with Crippen molar-refractivity contribution < 1.29 is 28.7 Å². The third kappa shape index (κ3) is 11.2. The van der Waals surface area contributed by atoms with Gasteiger partial charge in [0.05, 0.1) is 12.4 Å². The van der Waals surface area contributed by atoms with Crippen LogP contribution < -0.4 is 16.0 Å². The van der Waals surface area contributed by atoms with Gasteiger partial charge in [0.1, 0.15) is 22.9 Å². The Labute approximate surface area is 229 Å². The summed E-state index contributed by atoms with van der Waals surface area (Å²) < 4.78 is 10.7. The molecule has 39 heavy (non-hydrogen) atoms. The van der Waals surface area contributed by atoms with Gasteiger partial charge in [-0.05, 0) is 73.3 Å². The minimum absolute atomic E-state index is 0.0621. The van der Waals surface area contributed by atoms with Crippen LogP contribution in [0.15, 0.2) is 36.7 Å². The number of nitrogens with zero attached hydrogens (tertiary/aromatic N) is 1. The number of esters is 1. The third-order valence-corrected chi connectivity index (χ3v) is 5.31. The number of hydrogen-bond acceptors (Lipinski definition) is 7. The first-order chi connectivity index (χ1) is 18.2. The fourth-order valence-electron chi connectivity index (χ4n) is 3.56. The van der Waals surface area contributed by atoms with E-state index >= 15 is 0 Å². The molecule has 1 aromatic carbocycles. The number of imidazole rings is 1. The summed E-state index contributed by atoms with van der Waals surface area (Å²) in [6, 6.07) is 8.11. The number of ether oxygens (including phenoxy) is 2. The number of amides is 3. The molecule has 0 bridgehead atoms. The molecule has 0 aliphatic carbocycles. The SMILES string of the molecule is C[C@@H](NC(=O)c1nc[nH]c1C(=O)N[C@@H](CCCCNC(=O)OC(C)(C)C)C(=O)OC(C)(C)C)c1ccccc1. The largest absolute Gasteiger partial charge is 0.458 e. The van der Waals surface area contributed by atoms with Gasteiger partial charge < -0.3 is 30.4 Å². The van der Waals surface area contributed by atoms with Crippen LogP contribution in [0.2, 0.25) is 0 Å². The highest BCUT2D eigenvalue weighted by molar-refractivity contribution is 6.05. The molecular weight excluding hydrogens is 502 g/mol. The lowest BCUT2D eigenvalue weighted by atomic mass is 10.1. The molecule has 2 aromatic rings. The molecule has 2 atom stereocenters. The number of carbonyl (C=O) groups is 4. The average molecular weight is 544 g/mol. The van der Waals surface area contributed by atoms with Crippen LogP contribution in [0.4, 0.5) is 4.79 Å². The van der Waals surface area contributed by atoms with E-state index in [1.54, 1.807) is 41.5 Å². The van der Waals surface area contributed by atoms with Crippen LogP contribution in [-0.2, 0) is 14.3 Å². The number of carbonyl (C=O) groups excluding carboxylic acids is 4. The molecule has 2 rings (SSSR count). The van der Waals surface area contributed by atoms with Gasteiger partial charge in [0, 0.05) is 6.54 Å². The van der Waals surface area contributed by atoms with Crippen molar-refractivity contribution >= 4 is 23.9 Å². The topological polar surface area (TPSA) is 152 Å². The molecule has 0 saturated heterocycles. The number of rotatable bonds is 11. The highest BCUT2D eigenvalue weighted by Crippen LogP contribution is 2.15. The van der Waals surface area contributed by atoms with Gasteiger partial charge in [0.15, 0.2) is 5.69 Å². The maximum atomic E-state index is 13.1. The Kier molecular flexibility index (Phi) is 11.1. The molecule has 0 fully saturated rings. The van der Waals surface area contributed by atoms with Gasteiger partial charge in [0.25, 0.3) is 11.8 Å². The van der Waals surface area contributed by atoms with Crippen LogP contribution in [-0.4, -0.2) is 57.6 Å². The van der Waals surface area contributed by atoms with E-state index in [0.29, 0.717) is 19.4 Å². The lowest BCUT2D eigenvalue weighted by Crippen LogP contribution is -2.45. The van der Waals surface area contributed by atoms with Crippen molar-refractivity contribution in [2.24, 2.45) is 0 Å². The van der Waals surface area contributed by atoms with Crippen LogP contribution in [0, 0.1) is 0 Å². The fraction of sp³-hybridized carbons (Fsp3) is 0.536. The molecule has 0 spiro atoms. The molecule has 11 heteroatoms. The van der Waals surface area contributed by atoms with Crippen molar-refractivity contribution in [3.63, 3.8) is 0 Å². The summed E-state index contributed by atoms with van der Waals surface area (Å²) in [6.45, 7) is 12.7. The van der Waals surface area contributed by atoms with Crippen LogP contribution >= 0.6 is 0 Å². The molecule has 4 N–H and O–H groups in total. The smallest absolute Gasteiger partial charge is 0.407 e. The molecule has 3 amide bonds. The van der Waals surface area contributed by atoms with E-state index in [9.17, 15) is 19.2 Å². The molecule has 0 aliphatic rings.